The first-order valence-corrected chi connectivity index (χ1v) is 9.43. The Morgan fingerprint density at radius 3 is 2.77 bits per heavy atom. The number of thiophene rings is 1. The number of rotatable bonds is 5. The maximum absolute atomic E-state index is 10.9. The summed E-state index contributed by atoms with van der Waals surface area (Å²) in [6.45, 7) is 1.96. The van der Waals surface area contributed by atoms with Gasteiger partial charge in [0.1, 0.15) is 11.8 Å². The van der Waals surface area contributed by atoms with Crippen LogP contribution in [0.3, 0.4) is 0 Å². The lowest BCUT2D eigenvalue weighted by Crippen LogP contribution is -1.91. The summed E-state index contributed by atoms with van der Waals surface area (Å²) < 4.78 is 6.42. The van der Waals surface area contributed by atoms with Gasteiger partial charge >= 0.3 is 5.97 Å². The average Bonchev–Trinajstić information content (AvgIpc) is 3.37. The molecule has 0 spiro atoms. The van der Waals surface area contributed by atoms with E-state index in [4.69, 9.17) is 9.52 Å². The molecule has 0 saturated carbocycles. The molecule has 0 aliphatic heterocycles. The summed E-state index contributed by atoms with van der Waals surface area (Å²) >= 11 is 3.01. The van der Waals surface area contributed by atoms with Gasteiger partial charge < -0.3 is 9.52 Å². The van der Waals surface area contributed by atoms with Crippen LogP contribution in [0.15, 0.2) is 63.2 Å². The number of hydrogen-bond acceptors (Lipinski definition) is 7. The number of thiazole rings is 1. The SMILES string of the molecule is CC(N=Nc1nc2ccccc2s1)c1ccc(-c2ccc(C(=O)O)o2)s1. The Morgan fingerprint density at radius 1 is 1.15 bits per heavy atom. The fourth-order valence-electron chi connectivity index (χ4n) is 2.39. The van der Waals surface area contributed by atoms with E-state index >= 15 is 0 Å². The number of benzene rings is 1. The Morgan fingerprint density at radius 2 is 2.00 bits per heavy atom. The minimum Gasteiger partial charge on any atom is -0.475 e. The van der Waals surface area contributed by atoms with Gasteiger partial charge in [0, 0.05) is 4.88 Å². The van der Waals surface area contributed by atoms with Crippen LogP contribution < -0.4 is 0 Å². The zero-order valence-electron chi connectivity index (χ0n) is 13.6. The third kappa shape index (κ3) is 3.29. The lowest BCUT2D eigenvalue weighted by molar-refractivity contribution is 0.0663. The largest absolute Gasteiger partial charge is 0.475 e. The number of carbonyl (C=O) groups is 1. The second-order valence-corrected chi connectivity index (χ2v) is 7.65. The second-order valence-electron chi connectivity index (χ2n) is 5.53. The van der Waals surface area contributed by atoms with E-state index in [9.17, 15) is 4.79 Å². The highest BCUT2D eigenvalue weighted by atomic mass is 32.1. The molecule has 0 aliphatic rings. The number of aromatic carboxylic acids is 1. The molecule has 0 fully saturated rings. The van der Waals surface area contributed by atoms with Gasteiger partial charge in [0.15, 0.2) is 0 Å². The van der Waals surface area contributed by atoms with E-state index in [2.05, 4.69) is 15.2 Å². The lowest BCUT2D eigenvalue weighted by Gasteiger charge is -1.99. The molecule has 4 aromatic rings. The molecule has 0 bridgehead atoms. The number of furan rings is 1. The van der Waals surface area contributed by atoms with Crippen LogP contribution in [0.1, 0.15) is 28.4 Å². The smallest absolute Gasteiger partial charge is 0.371 e. The van der Waals surface area contributed by atoms with Crippen LogP contribution in [0.25, 0.3) is 20.9 Å². The Bertz CT molecular complexity index is 1080. The second kappa shape index (κ2) is 6.81. The van der Waals surface area contributed by atoms with E-state index in [0.717, 1.165) is 20.0 Å². The van der Waals surface area contributed by atoms with E-state index in [0.29, 0.717) is 10.9 Å². The molecule has 4 rings (SSSR count). The Labute approximate surface area is 156 Å². The van der Waals surface area contributed by atoms with Crippen molar-refractivity contribution in [3.63, 3.8) is 0 Å². The zero-order chi connectivity index (χ0) is 18.1. The van der Waals surface area contributed by atoms with Gasteiger partial charge in [0.25, 0.3) is 0 Å². The molecule has 3 heterocycles. The first-order chi connectivity index (χ1) is 12.6. The molecule has 0 saturated heterocycles. The summed E-state index contributed by atoms with van der Waals surface area (Å²) in [5, 5.41) is 18.2. The van der Waals surface area contributed by atoms with Crippen LogP contribution in [-0.2, 0) is 0 Å². The molecule has 26 heavy (non-hydrogen) atoms. The molecular weight excluding hydrogens is 370 g/mol. The van der Waals surface area contributed by atoms with Crippen molar-refractivity contribution in [3.8, 4) is 10.6 Å². The number of para-hydroxylation sites is 1. The number of azo groups is 1. The topological polar surface area (TPSA) is 88.0 Å². The summed E-state index contributed by atoms with van der Waals surface area (Å²) in [7, 11) is 0. The maximum Gasteiger partial charge on any atom is 0.371 e. The summed E-state index contributed by atoms with van der Waals surface area (Å²) in [6.07, 6.45) is 0. The highest BCUT2D eigenvalue weighted by Crippen LogP contribution is 2.35. The number of nitrogens with zero attached hydrogens (tertiary/aromatic N) is 3. The van der Waals surface area contributed by atoms with E-state index in [1.807, 2.05) is 43.3 Å². The van der Waals surface area contributed by atoms with Crippen LogP contribution in [0.5, 0.6) is 0 Å². The van der Waals surface area contributed by atoms with Crippen molar-refractivity contribution in [1.29, 1.82) is 0 Å². The van der Waals surface area contributed by atoms with Crippen LogP contribution in [-0.4, -0.2) is 16.1 Å². The van der Waals surface area contributed by atoms with Gasteiger partial charge in [-0.05, 0) is 43.3 Å². The van der Waals surface area contributed by atoms with Crippen molar-refractivity contribution in [2.45, 2.75) is 13.0 Å². The van der Waals surface area contributed by atoms with Crippen LogP contribution >= 0.6 is 22.7 Å². The summed E-state index contributed by atoms with van der Waals surface area (Å²) in [5.74, 6) is -0.612. The molecular formula is C18H13N3O3S2. The zero-order valence-corrected chi connectivity index (χ0v) is 15.3. The minimum atomic E-state index is -1.08. The lowest BCUT2D eigenvalue weighted by atomic mass is 10.3. The van der Waals surface area contributed by atoms with E-state index in [-0.39, 0.29) is 11.8 Å². The third-order valence-electron chi connectivity index (χ3n) is 3.70. The Kier molecular flexibility index (Phi) is 4.36. The van der Waals surface area contributed by atoms with Gasteiger partial charge in [-0.2, -0.15) is 5.11 Å². The summed E-state index contributed by atoms with van der Waals surface area (Å²) in [5.41, 5.74) is 0.921. The molecule has 6 nitrogen and oxygen atoms in total. The minimum absolute atomic E-state index is 0.0708. The highest BCUT2D eigenvalue weighted by Gasteiger charge is 2.14. The van der Waals surface area contributed by atoms with Crippen LogP contribution in [0.4, 0.5) is 5.13 Å². The molecule has 0 aliphatic carbocycles. The van der Waals surface area contributed by atoms with Gasteiger partial charge in [-0.1, -0.05) is 23.5 Å². The molecule has 1 unspecified atom stereocenters. The quantitative estimate of drug-likeness (QED) is 0.418. The van der Waals surface area contributed by atoms with Crippen molar-refractivity contribution in [1.82, 2.24) is 4.98 Å². The number of carboxylic acid groups (broad SMARTS) is 1. The molecule has 0 radical (unpaired) electrons. The number of carboxylic acids is 1. The van der Waals surface area contributed by atoms with Gasteiger partial charge in [-0.15, -0.1) is 16.5 Å². The van der Waals surface area contributed by atoms with Crippen molar-refractivity contribution in [2.75, 3.05) is 0 Å². The third-order valence-corrected chi connectivity index (χ3v) is 5.89. The number of aromatic nitrogens is 1. The fraction of sp³-hybridized carbons (Fsp3) is 0.111. The Hall–Kier alpha value is -2.84. The molecule has 8 heteroatoms. The van der Waals surface area contributed by atoms with E-state index < -0.39 is 5.97 Å². The molecule has 1 N–H and O–H groups in total. The Balaban J connectivity index is 1.52. The van der Waals surface area contributed by atoms with Crippen LogP contribution in [0, 0.1) is 0 Å². The molecule has 3 aromatic heterocycles. The first-order valence-electron chi connectivity index (χ1n) is 7.80. The van der Waals surface area contributed by atoms with Crippen molar-refractivity contribution in [3.05, 3.63) is 59.2 Å². The fourth-order valence-corrected chi connectivity index (χ4v) is 4.14. The maximum atomic E-state index is 10.9. The average molecular weight is 383 g/mol. The van der Waals surface area contributed by atoms with Crippen molar-refractivity contribution >= 4 is 44.0 Å². The molecule has 1 aromatic carbocycles. The van der Waals surface area contributed by atoms with Crippen molar-refractivity contribution in [2.24, 2.45) is 10.2 Å². The van der Waals surface area contributed by atoms with Gasteiger partial charge in [0.2, 0.25) is 10.9 Å². The van der Waals surface area contributed by atoms with Gasteiger partial charge in [-0.25, -0.2) is 9.78 Å². The van der Waals surface area contributed by atoms with Crippen LogP contribution in [0.2, 0.25) is 0 Å². The monoisotopic (exact) mass is 383 g/mol. The highest BCUT2D eigenvalue weighted by molar-refractivity contribution is 7.21. The first kappa shape index (κ1) is 16.6. The normalized spacial score (nSPS) is 12.8. The van der Waals surface area contributed by atoms with E-state index in [1.54, 1.807) is 6.07 Å². The molecule has 0 amide bonds. The number of fused-ring (bicyclic) bond motifs is 1. The van der Waals surface area contributed by atoms with Gasteiger partial charge in [-0.3, -0.25) is 0 Å². The summed E-state index contributed by atoms with van der Waals surface area (Å²) in [4.78, 5) is 17.2. The van der Waals surface area contributed by atoms with E-state index in [1.165, 1.54) is 28.7 Å². The summed E-state index contributed by atoms with van der Waals surface area (Å²) in [6, 6.07) is 14.7. The predicted octanol–water partition coefficient (Wildman–Crippen LogP) is 6.16. The van der Waals surface area contributed by atoms with Gasteiger partial charge in [0.05, 0.1) is 15.1 Å². The number of hydrogen-bond donors (Lipinski definition) is 1. The molecule has 1 atom stereocenters. The standard InChI is InChI=1S/C18H13N3O3S2/c1-10(20-21-18-19-11-4-2-3-5-15(11)26-18)14-8-9-16(25-14)12-6-7-13(24-12)17(22)23/h2-10H,1H3,(H,22,23). The van der Waals surface area contributed by atoms with Crippen molar-refractivity contribution < 1.29 is 14.3 Å². The molecule has 130 valence electrons. The predicted molar refractivity (Wildman–Crippen MR) is 102 cm³/mol.